The van der Waals surface area contributed by atoms with Gasteiger partial charge in [-0.3, -0.25) is 0 Å². The summed E-state index contributed by atoms with van der Waals surface area (Å²) in [7, 11) is 0. The Hall–Kier alpha value is -1.05. The summed E-state index contributed by atoms with van der Waals surface area (Å²) in [6.45, 7) is 2.12. The molecular weight excluding hydrogens is 140 g/mol. The molecule has 0 saturated carbocycles. The monoisotopic (exact) mass is 153 g/mol. The summed E-state index contributed by atoms with van der Waals surface area (Å²) in [6.07, 6.45) is 9.49. The molecule has 0 atom stereocenters. The molecular formula is C9H13O2-. The van der Waals surface area contributed by atoms with Gasteiger partial charge in [0.2, 0.25) is 0 Å². The van der Waals surface area contributed by atoms with Crippen LogP contribution < -0.4 is 5.11 Å². The number of aliphatic carboxylic acids is 1. The summed E-state index contributed by atoms with van der Waals surface area (Å²) in [5, 5.41) is 9.86. The highest BCUT2D eigenvalue weighted by atomic mass is 16.4. The number of carboxylic acids is 1. The lowest BCUT2D eigenvalue weighted by Gasteiger charge is -1.87. The Morgan fingerprint density at radius 2 is 2.18 bits per heavy atom. The molecule has 0 aliphatic carbocycles. The van der Waals surface area contributed by atoms with Crippen molar-refractivity contribution in [1.29, 1.82) is 0 Å². The second kappa shape index (κ2) is 7.06. The molecule has 0 bridgehead atoms. The maximum atomic E-state index is 9.86. The summed E-state index contributed by atoms with van der Waals surface area (Å²) in [4.78, 5) is 9.86. The highest BCUT2D eigenvalue weighted by Gasteiger charge is 1.75. The van der Waals surface area contributed by atoms with Gasteiger partial charge in [0.05, 0.1) is 5.97 Å². The number of rotatable bonds is 5. The van der Waals surface area contributed by atoms with Gasteiger partial charge < -0.3 is 9.90 Å². The van der Waals surface area contributed by atoms with E-state index in [9.17, 15) is 9.90 Å². The van der Waals surface area contributed by atoms with Crippen LogP contribution in [-0.2, 0) is 4.79 Å². The van der Waals surface area contributed by atoms with Gasteiger partial charge in [-0.2, -0.15) is 0 Å². The van der Waals surface area contributed by atoms with Gasteiger partial charge in [0.15, 0.2) is 0 Å². The van der Waals surface area contributed by atoms with Crippen molar-refractivity contribution in [2.75, 3.05) is 0 Å². The number of hydrogen-bond donors (Lipinski definition) is 0. The van der Waals surface area contributed by atoms with Crippen molar-refractivity contribution in [3.8, 4) is 0 Å². The van der Waals surface area contributed by atoms with Crippen LogP contribution in [0.3, 0.4) is 0 Å². The molecule has 0 aliphatic rings. The molecule has 0 unspecified atom stereocenters. The number of hydrogen-bond acceptors (Lipinski definition) is 2. The second-order valence-electron chi connectivity index (χ2n) is 2.25. The predicted octanol–water partition coefficient (Wildman–Crippen LogP) is 1.04. The molecule has 0 aromatic heterocycles. The van der Waals surface area contributed by atoms with Gasteiger partial charge in [-0.1, -0.05) is 38.0 Å². The maximum Gasteiger partial charge on any atom is 0.0642 e. The van der Waals surface area contributed by atoms with Crippen LogP contribution in [0.2, 0.25) is 0 Å². The summed E-state index contributed by atoms with van der Waals surface area (Å²) in [5.41, 5.74) is 0. The third-order valence-electron chi connectivity index (χ3n) is 1.20. The normalized spacial score (nSPS) is 11.4. The van der Waals surface area contributed by atoms with Crippen molar-refractivity contribution in [2.45, 2.75) is 26.2 Å². The van der Waals surface area contributed by atoms with Crippen LogP contribution in [0.25, 0.3) is 0 Å². The van der Waals surface area contributed by atoms with Crippen molar-refractivity contribution >= 4 is 5.97 Å². The standard InChI is InChI=1S/C9H14O2/c1-2-3-4-5-6-7-8-9(10)11/h5-8H,2-4H2,1H3,(H,10,11)/p-1/b6-5+,8-7+. The molecule has 0 aliphatic heterocycles. The Kier molecular flexibility index (Phi) is 6.39. The van der Waals surface area contributed by atoms with E-state index in [0.717, 1.165) is 25.3 Å². The third-order valence-corrected chi connectivity index (χ3v) is 1.20. The molecule has 0 radical (unpaired) electrons. The average molecular weight is 153 g/mol. The Labute approximate surface area is 67.2 Å². The summed E-state index contributed by atoms with van der Waals surface area (Å²) in [5.74, 6) is -1.15. The first-order valence-electron chi connectivity index (χ1n) is 3.81. The zero-order valence-electron chi connectivity index (χ0n) is 6.75. The number of unbranched alkanes of at least 4 members (excludes halogenated alkanes) is 2. The number of allylic oxidation sites excluding steroid dienone is 3. The van der Waals surface area contributed by atoms with Crippen molar-refractivity contribution in [2.24, 2.45) is 0 Å². The minimum Gasteiger partial charge on any atom is -0.545 e. The second-order valence-corrected chi connectivity index (χ2v) is 2.25. The van der Waals surface area contributed by atoms with Crippen LogP contribution >= 0.6 is 0 Å². The highest BCUT2D eigenvalue weighted by Crippen LogP contribution is 1.94. The lowest BCUT2D eigenvalue weighted by Crippen LogP contribution is -2.18. The lowest BCUT2D eigenvalue weighted by molar-refractivity contribution is -0.297. The van der Waals surface area contributed by atoms with Crippen LogP contribution in [0.4, 0.5) is 0 Å². The molecule has 0 N–H and O–H groups in total. The van der Waals surface area contributed by atoms with E-state index >= 15 is 0 Å². The minimum absolute atomic E-state index is 1.01. The van der Waals surface area contributed by atoms with Gasteiger partial charge in [-0.05, 0) is 12.5 Å². The summed E-state index contributed by atoms with van der Waals surface area (Å²) in [6, 6.07) is 0. The number of carbonyl (C=O) groups is 1. The van der Waals surface area contributed by atoms with Gasteiger partial charge in [-0.15, -0.1) is 0 Å². The fourth-order valence-corrected chi connectivity index (χ4v) is 0.631. The molecule has 0 aromatic rings. The van der Waals surface area contributed by atoms with Gasteiger partial charge >= 0.3 is 0 Å². The molecule has 0 heterocycles. The van der Waals surface area contributed by atoms with Crippen LogP contribution in [0, 0.1) is 0 Å². The molecule has 0 spiro atoms. The van der Waals surface area contributed by atoms with E-state index in [0.29, 0.717) is 0 Å². The molecule has 0 saturated heterocycles. The van der Waals surface area contributed by atoms with E-state index in [1.165, 1.54) is 6.08 Å². The molecule has 0 rings (SSSR count). The van der Waals surface area contributed by atoms with Crippen molar-refractivity contribution < 1.29 is 9.90 Å². The quantitative estimate of drug-likeness (QED) is 0.336. The first-order chi connectivity index (χ1) is 5.27. The molecule has 2 nitrogen and oxygen atoms in total. The maximum absolute atomic E-state index is 9.86. The third kappa shape index (κ3) is 8.95. The first-order valence-corrected chi connectivity index (χ1v) is 3.81. The van der Waals surface area contributed by atoms with E-state index in [4.69, 9.17) is 0 Å². The minimum atomic E-state index is -1.15. The Morgan fingerprint density at radius 3 is 2.73 bits per heavy atom. The molecule has 0 amide bonds. The predicted molar refractivity (Wildman–Crippen MR) is 42.8 cm³/mol. The summed E-state index contributed by atoms with van der Waals surface area (Å²) < 4.78 is 0. The SMILES string of the molecule is CCCC/C=C/C=C/C(=O)[O-]. The van der Waals surface area contributed by atoms with Gasteiger partial charge in [-0.25, -0.2) is 0 Å². The number of carbonyl (C=O) groups excluding carboxylic acids is 1. The first kappa shape index (κ1) is 9.95. The molecule has 2 heteroatoms. The van der Waals surface area contributed by atoms with Gasteiger partial charge in [0, 0.05) is 0 Å². The Balaban J connectivity index is 3.36. The zero-order chi connectivity index (χ0) is 8.53. The topological polar surface area (TPSA) is 40.1 Å². The van der Waals surface area contributed by atoms with Crippen LogP contribution in [-0.4, -0.2) is 5.97 Å². The van der Waals surface area contributed by atoms with Crippen molar-refractivity contribution in [1.82, 2.24) is 0 Å². The molecule has 0 aromatic carbocycles. The average Bonchev–Trinajstić information content (AvgIpc) is 1.96. The fourth-order valence-electron chi connectivity index (χ4n) is 0.631. The van der Waals surface area contributed by atoms with Crippen molar-refractivity contribution in [3.63, 3.8) is 0 Å². The fraction of sp³-hybridized carbons (Fsp3) is 0.444. The molecule has 11 heavy (non-hydrogen) atoms. The molecule has 0 fully saturated rings. The van der Waals surface area contributed by atoms with E-state index < -0.39 is 5.97 Å². The van der Waals surface area contributed by atoms with E-state index in [1.54, 1.807) is 6.08 Å². The Bertz CT molecular complexity index is 157. The number of carboxylic acid groups (broad SMARTS) is 1. The summed E-state index contributed by atoms with van der Waals surface area (Å²) >= 11 is 0. The van der Waals surface area contributed by atoms with E-state index in [1.807, 2.05) is 6.08 Å². The molecule has 62 valence electrons. The van der Waals surface area contributed by atoms with Crippen molar-refractivity contribution in [3.05, 3.63) is 24.3 Å². The van der Waals surface area contributed by atoms with Gasteiger partial charge in [0.1, 0.15) is 0 Å². The van der Waals surface area contributed by atoms with E-state index in [2.05, 4.69) is 6.92 Å². The van der Waals surface area contributed by atoms with Gasteiger partial charge in [0.25, 0.3) is 0 Å². The highest BCUT2D eigenvalue weighted by molar-refractivity contribution is 5.77. The van der Waals surface area contributed by atoms with E-state index in [-0.39, 0.29) is 0 Å². The Morgan fingerprint density at radius 1 is 1.45 bits per heavy atom. The van der Waals surface area contributed by atoms with Crippen LogP contribution in [0.5, 0.6) is 0 Å². The zero-order valence-corrected chi connectivity index (χ0v) is 6.75. The smallest absolute Gasteiger partial charge is 0.0642 e. The van der Waals surface area contributed by atoms with Crippen LogP contribution in [0.15, 0.2) is 24.3 Å². The van der Waals surface area contributed by atoms with Crippen LogP contribution in [0.1, 0.15) is 26.2 Å². The largest absolute Gasteiger partial charge is 0.545 e. The lowest BCUT2D eigenvalue weighted by atomic mass is 10.2.